The van der Waals surface area contributed by atoms with E-state index in [1.165, 1.54) is 25.6 Å². The normalized spacial score (nSPS) is 19.6. The second-order valence-corrected chi connectivity index (χ2v) is 8.80. The number of nitrogens with one attached hydrogen (secondary N) is 1. The molecule has 2 aliphatic rings. The first kappa shape index (κ1) is 22.3. The Morgan fingerprint density at radius 2 is 1.80 bits per heavy atom. The summed E-state index contributed by atoms with van der Waals surface area (Å²) < 4.78 is 0. The molecule has 162 valence electrons. The van der Waals surface area contributed by atoms with E-state index in [1.54, 1.807) is 0 Å². The number of carbonyl (C=O) groups excluding carboxylic acids is 2. The Kier molecular flexibility index (Phi) is 7.49. The van der Waals surface area contributed by atoms with E-state index in [2.05, 4.69) is 29.3 Å². The number of nitriles is 1. The number of likely N-dealkylation sites (tertiary alicyclic amines) is 1. The van der Waals surface area contributed by atoms with Gasteiger partial charge in [-0.05, 0) is 75.4 Å². The highest BCUT2D eigenvalue weighted by atomic mass is 16.2. The summed E-state index contributed by atoms with van der Waals surface area (Å²) in [7, 11) is 1.46. The molecule has 0 spiro atoms. The third-order valence-corrected chi connectivity index (χ3v) is 6.70. The Balaban J connectivity index is 1.66. The molecule has 1 aromatic rings. The van der Waals surface area contributed by atoms with Crippen LogP contribution in [0.4, 0.5) is 0 Å². The second kappa shape index (κ2) is 10.1. The van der Waals surface area contributed by atoms with E-state index in [-0.39, 0.29) is 11.8 Å². The molecule has 6 nitrogen and oxygen atoms in total. The Bertz CT molecular complexity index is 769. The van der Waals surface area contributed by atoms with Crippen LogP contribution in [0, 0.1) is 11.5 Å². The van der Waals surface area contributed by atoms with Gasteiger partial charge >= 0.3 is 0 Å². The molecule has 0 radical (unpaired) electrons. The number of hydrogen-bond donors (Lipinski definition) is 1. The molecule has 1 saturated carbocycles. The first-order valence-corrected chi connectivity index (χ1v) is 11.3. The highest BCUT2D eigenvalue weighted by Gasteiger charge is 2.42. The van der Waals surface area contributed by atoms with Gasteiger partial charge < -0.3 is 10.2 Å². The average Bonchev–Trinajstić information content (AvgIpc) is 2.79. The Hall–Kier alpha value is -2.39. The lowest BCUT2D eigenvalue weighted by Gasteiger charge is -2.37. The molecule has 6 heteroatoms. The van der Waals surface area contributed by atoms with Crippen molar-refractivity contribution in [3.63, 3.8) is 0 Å². The molecule has 0 bridgehead atoms. The number of rotatable bonds is 6. The first-order valence-electron chi connectivity index (χ1n) is 11.3. The van der Waals surface area contributed by atoms with E-state index in [1.807, 2.05) is 18.3 Å². The van der Waals surface area contributed by atoms with Crippen molar-refractivity contribution in [2.24, 2.45) is 0 Å². The van der Waals surface area contributed by atoms with Crippen molar-refractivity contribution in [1.82, 2.24) is 15.1 Å². The topological polar surface area (TPSA) is 76.4 Å². The molecule has 0 unspecified atom stereocenters. The van der Waals surface area contributed by atoms with Gasteiger partial charge in [0.25, 0.3) is 11.8 Å². The molecule has 0 aromatic heterocycles. The number of nitrogens with zero attached hydrogens (tertiary/aromatic N) is 3. The van der Waals surface area contributed by atoms with Crippen LogP contribution in [-0.4, -0.2) is 53.8 Å². The molecule has 1 aliphatic heterocycles. The van der Waals surface area contributed by atoms with E-state index < -0.39 is 5.54 Å². The van der Waals surface area contributed by atoms with E-state index in [0.717, 1.165) is 50.1 Å². The van der Waals surface area contributed by atoms with Crippen LogP contribution in [0.3, 0.4) is 0 Å². The van der Waals surface area contributed by atoms with Crippen LogP contribution >= 0.6 is 0 Å². The highest BCUT2D eigenvalue weighted by molar-refractivity contribution is 5.99. The smallest absolute Gasteiger partial charge is 0.261 e. The Morgan fingerprint density at radius 1 is 1.17 bits per heavy atom. The van der Waals surface area contributed by atoms with Gasteiger partial charge in [-0.1, -0.05) is 38.3 Å². The highest BCUT2D eigenvalue weighted by Crippen LogP contribution is 2.31. The van der Waals surface area contributed by atoms with Crippen molar-refractivity contribution in [1.29, 1.82) is 5.26 Å². The molecule has 1 N–H and O–H groups in total. The number of amides is 2. The van der Waals surface area contributed by atoms with Crippen LogP contribution in [-0.2, 0) is 4.79 Å². The quantitative estimate of drug-likeness (QED) is 0.574. The minimum atomic E-state index is -0.968. The van der Waals surface area contributed by atoms with Crippen molar-refractivity contribution >= 4 is 11.8 Å². The van der Waals surface area contributed by atoms with Crippen molar-refractivity contribution in [3.8, 4) is 6.19 Å². The zero-order valence-corrected chi connectivity index (χ0v) is 18.3. The number of likely N-dealkylation sites (N-methyl/N-ethyl adjacent to an activating group) is 1. The fourth-order valence-electron chi connectivity index (χ4n) is 4.92. The molecule has 1 saturated heterocycles. The van der Waals surface area contributed by atoms with Gasteiger partial charge in [0.2, 0.25) is 0 Å². The molecule has 30 heavy (non-hydrogen) atoms. The van der Waals surface area contributed by atoms with Crippen LogP contribution in [0.25, 0.3) is 0 Å². The van der Waals surface area contributed by atoms with Gasteiger partial charge in [-0.25, -0.2) is 0 Å². The molecule has 1 aliphatic carbocycles. The van der Waals surface area contributed by atoms with Gasteiger partial charge in [0, 0.05) is 12.6 Å². The van der Waals surface area contributed by atoms with Crippen LogP contribution in [0.2, 0.25) is 0 Å². The first-order chi connectivity index (χ1) is 14.5. The molecule has 0 atom stereocenters. The van der Waals surface area contributed by atoms with E-state index >= 15 is 0 Å². The molecule has 2 amide bonds. The van der Waals surface area contributed by atoms with Crippen molar-refractivity contribution in [2.45, 2.75) is 69.7 Å². The van der Waals surface area contributed by atoms with Crippen molar-refractivity contribution in [2.75, 3.05) is 26.7 Å². The average molecular weight is 411 g/mol. The van der Waals surface area contributed by atoms with Crippen LogP contribution in [0.15, 0.2) is 24.3 Å². The summed E-state index contributed by atoms with van der Waals surface area (Å²) in [5.41, 5.74) is 0.889. The van der Waals surface area contributed by atoms with Gasteiger partial charge in [-0.2, -0.15) is 5.26 Å². The number of carbonyl (C=O) groups is 2. The zero-order valence-electron chi connectivity index (χ0n) is 18.3. The lowest BCUT2D eigenvalue weighted by Crippen LogP contribution is -2.59. The van der Waals surface area contributed by atoms with Crippen molar-refractivity contribution < 1.29 is 9.59 Å². The second-order valence-electron chi connectivity index (χ2n) is 8.80. The SMILES string of the molecule is CCCN1CCC(c2ccc(C(=O)NC3(C(=O)N(C)C#N)CCCCC3)cc2)CC1. The standard InChI is InChI=1S/C24H34N4O2/c1-3-15-28-16-11-20(12-17-28)19-7-9-21(10-8-19)22(29)26-24(13-5-4-6-14-24)23(30)27(2)18-25/h7-10,20H,3-6,11-17H2,1-2H3,(H,26,29). The summed E-state index contributed by atoms with van der Waals surface area (Å²) >= 11 is 0. The summed E-state index contributed by atoms with van der Waals surface area (Å²) in [6, 6.07) is 7.87. The molecule has 1 aromatic carbocycles. The summed E-state index contributed by atoms with van der Waals surface area (Å²) in [5.74, 6) is 0.000161. The number of hydrogen-bond acceptors (Lipinski definition) is 4. The maximum Gasteiger partial charge on any atom is 0.261 e. The van der Waals surface area contributed by atoms with Crippen molar-refractivity contribution in [3.05, 3.63) is 35.4 Å². The number of benzene rings is 1. The van der Waals surface area contributed by atoms with Gasteiger partial charge in [0.05, 0.1) is 0 Å². The Morgan fingerprint density at radius 3 is 2.37 bits per heavy atom. The zero-order chi connectivity index (χ0) is 21.6. The fourth-order valence-corrected chi connectivity index (χ4v) is 4.92. The summed E-state index contributed by atoms with van der Waals surface area (Å²) in [6.07, 6.45) is 9.36. The third-order valence-electron chi connectivity index (χ3n) is 6.70. The molecular formula is C24H34N4O2. The largest absolute Gasteiger partial charge is 0.338 e. The summed E-state index contributed by atoms with van der Waals surface area (Å²) in [6.45, 7) is 5.67. The monoisotopic (exact) mass is 410 g/mol. The lowest BCUT2D eigenvalue weighted by atomic mass is 9.80. The molecule has 2 fully saturated rings. The fraction of sp³-hybridized carbons (Fsp3) is 0.625. The molecule has 1 heterocycles. The minimum Gasteiger partial charge on any atom is -0.338 e. The third kappa shape index (κ3) is 5.02. The van der Waals surface area contributed by atoms with Gasteiger partial charge in [0.1, 0.15) is 5.54 Å². The number of piperidine rings is 1. The van der Waals surface area contributed by atoms with E-state index in [0.29, 0.717) is 24.3 Å². The van der Waals surface area contributed by atoms with Crippen LogP contribution in [0.1, 0.15) is 80.1 Å². The maximum absolute atomic E-state index is 13.0. The minimum absolute atomic E-state index is 0.235. The van der Waals surface area contributed by atoms with E-state index in [4.69, 9.17) is 5.26 Å². The van der Waals surface area contributed by atoms with Gasteiger partial charge in [-0.3, -0.25) is 14.5 Å². The predicted octanol–water partition coefficient (Wildman–Crippen LogP) is 3.65. The van der Waals surface area contributed by atoms with Crippen LogP contribution < -0.4 is 5.32 Å². The van der Waals surface area contributed by atoms with Gasteiger partial charge in [0.15, 0.2) is 6.19 Å². The molecule has 3 rings (SSSR count). The lowest BCUT2D eigenvalue weighted by molar-refractivity contribution is -0.135. The van der Waals surface area contributed by atoms with Gasteiger partial charge in [-0.15, -0.1) is 0 Å². The summed E-state index contributed by atoms with van der Waals surface area (Å²) in [4.78, 5) is 29.4. The summed E-state index contributed by atoms with van der Waals surface area (Å²) in [5, 5.41) is 12.1. The van der Waals surface area contributed by atoms with Crippen LogP contribution in [0.5, 0.6) is 0 Å². The predicted molar refractivity (Wildman–Crippen MR) is 117 cm³/mol. The van der Waals surface area contributed by atoms with E-state index in [9.17, 15) is 9.59 Å². The Labute approximate surface area is 180 Å². The maximum atomic E-state index is 13.0. The molecular weight excluding hydrogens is 376 g/mol.